The number of anilines is 2. The number of piperidine rings is 2. The summed E-state index contributed by atoms with van der Waals surface area (Å²) in [5, 5.41) is 7.19. The predicted octanol–water partition coefficient (Wildman–Crippen LogP) is 2.49. The molecule has 3 fully saturated rings. The Morgan fingerprint density at radius 2 is 1.88 bits per heavy atom. The van der Waals surface area contributed by atoms with Crippen molar-refractivity contribution in [2.75, 3.05) is 49.5 Å². The highest BCUT2D eigenvalue weighted by molar-refractivity contribution is 5.43. The van der Waals surface area contributed by atoms with Gasteiger partial charge in [-0.25, -0.2) is 4.98 Å². The summed E-state index contributed by atoms with van der Waals surface area (Å²) in [6, 6.07) is 3.24. The fraction of sp³-hybridized carbons (Fsp3) is 0.800. The molecule has 26 heavy (non-hydrogen) atoms. The molecule has 1 aromatic heterocycles. The minimum absolute atomic E-state index is 0.463. The van der Waals surface area contributed by atoms with Gasteiger partial charge in [0.05, 0.1) is 0 Å². The van der Waals surface area contributed by atoms with E-state index >= 15 is 0 Å². The van der Waals surface area contributed by atoms with Crippen LogP contribution in [-0.2, 0) is 0 Å². The molecule has 0 amide bonds. The van der Waals surface area contributed by atoms with Crippen LogP contribution >= 0.6 is 0 Å². The molecule has 0 spiro atoms. The molecular formula is C20H34N6. The Labute approximate surface area is 157 Å². The Morgan fingerprint density at radius 3 is 2.69 bits per heavy atom. The molecule has 6 nitrogen and oxygen atoms in total. The molecule has 3 aliphatic heterocycles. The molecule has 0 aliphatic carbocycles. The van der Waals surface area contributed by atoms with Gasteiger partial charge in [0.25, 0.3) is 0 Å². The van der Waals surface area contributed by atoms with E-state index in [1.54, 1.807) is 0 Å². The third kappa shape index (κ3) is 4.65. The zero-order chi connectivity index (χ0) is 17.6. The molecular weight excluding hydrogens is 324 g/mol. The van der Waals surface area contributed by atoms with Gasteiger partial charge in [-0.3, -0.25) is 4.90 Å². The number of hydrogen-bond acceptors (Lipinski definition) is 6. The molecule has 6 heteroatoms. The van der Waals surface area contributed by atoms with Gasteiger partial charge < -0.3 is 15.5 Å². The van der Waals surface area contributed by atoms with Crippen LogP contribution in [0.3, 0.4) is 0 Å². The van der Waals surface area contributed by atoms with Crippen molar-refractivity contribution in [3.8, 4) is 0 Å². The molecule has 3 aliphatic rings. The topological polar surface area (TPSA) is 56.3 Å². The Morgan fingerprint density at radius 1 is 1.00 bits per heavy atom. The van der Waals surface area contributed by atoms with Crippen molar-refractivity contribution in [2.45, 2.75) is 63.5 Å². The van der Waals surface area contributed by atoms with Gasteiger partial charge in [0.15, 0.2) is 0 Å². The second-order valence-electron chi connectivity index (χ2n) is 8.12. The van der Waals surface area contributed by atoms with Gasteiger partial charge in [0, 0.05) is 44.5 Å². The van der Waals surface area contributed by atoms with E-state index in [4.69, 9.17) is 4.98 Å². The lowest BCUT2D eigenvalue weighted by Crippen LogP contribution is -2.52. The molecule has 0 aromatic carbocycles. The average molecular weight is 359 g/mol. The highest BCUT2D eigenvalue weighted by Crippen LogP contribution is 2.21. The quantitative estimate of drug-likeness (QED) is 0.862. The molecule has 1 unspecified atom stereocenters. The van der Waals surface area contributed by atoms with Crippen LogP contribution in [0.4, 0.5) is 11.8 Å². The molecule has 144 valence electrons. The summed E-state index contributed by atoms with van der Waals surface area (Å²) in [6.07, 6.45) is 12.3. The highest BCUT2D eigenvalue weighted by atomic mass is 15.3. The summed E-state index contributed by atoms with van der Waals surface area (Å²) >= 11 is 0. The van der Waals surface area contributed by atoms with Crippen molar-refractivity contribution in [1.29, 1.82) is 0 Å². The zero-order valence-electron chi connectivity index (χ0n) is 16.0. The van der Waals surface area contributed by atoms with Crippen molar-refractivity contribution < 1.29 is 0 Å². The van der Waals surface area contributed by atoms with Crippen LogP contribution < -0.4 is 15.5 Å². The van der Waals surface area contributed by atoms with Crippen molar-refractivity contribution in [3.63, 3.8) is 0 Å². The van der Waals surface area contributed by atoms with Gasteiger partial charge in [-0.1, -0.05) is 12.8 Å². The number of nitrogens with one attached hydrogen (secondary N) is 2. The van der Waals surface area contributed by atoms with E-state index in [2.05, 4.69) is 31.5 Å². The maximum Gasteiger partial charge on any atom is 0.224 e. The normalized spacial score (nSPS) is 28.5. The summed E-state index contributed by atoms with van der Waals surface area (Å²) in [5.41, 5.74) is 0. The molecule has 0 bridgehead atoms. The molecule has 4 heterocycles. The molecule has 2 atom stereocenters. The van der Waals surface area contributed by atoms with Crippen LogP contribution in [0.25, 0.3) is 0 Å². The maximum absolute atomic E-state index is 4.84. The van der Waals surface area contributed by atoms with Crippen molar-refractivity contribution in [3.05, 3.63) is 12.3 Å². The first-order chi connectivity index (χ1) is 12.9. The van der Waals surface area contributed by atoms with E-state index < -0.39 is 0 Å². The van der Waals surface area contributed by atoms with E-state index in [0.717, 1.165) is 37.9 Å². The van der Waals surface area contributed by atoms with Crippen molar-refractivity contribution in [1.82, 2.24) is 20.2 Å². The Kier molecular flexibility index (Phi) is 6.22. The molecule has 3 saturated heterocycles. The first kappa shape index (κ1) is 18.0. The van der Waals surface area contributed by atoms with Gasteiger partial charge in [-0.2, -0.15) is 4.98 Å². The molecule has 0 radical (unpaired) electrons. The maximum atomic E-state index is 4.84. The zero-order valence-corrected chi connectivity index (χ0v) is 16.0. The SMILES string of the molecule is c1cc(N2CCCCCC2)nc(N[C@H]2CCCN(C3CCCNC3)C2)n1. The van der Waals surface area contributed by atoms with E-state index in [1.165, 1.54) is 64.5 Å². The third-order valence-electron chi connectivity index (χ3n) is 6.14. The summed E-state index contributed by atoms with van der Waals surface area (Å²) in [5.74, 6) is 1.90. The van der Waals surface area contributed by atoms with Crippen LogP contribution in [-0.4, -0.2) is 66.2 Å². The van der Waals surface area contributed by atoms with Crippen LogP contribution in [0.15, 0.2) is 12.3 Å². The Hall–Kier alpha value is -1.40. The molecule has 1 aromatic rings. The minimum Gasteiger partial charge on any atom is -0.356 e. The lowest BCUT2D eigenvalue weighted by atomic mass is 9.99. The first-order valence-corrected chi connectivity index (χ1v) is 10.7. The minimum atomic E-state index is 0.463. The highest BCUT2D eigenvalue weighted by Gasteiger charge is 2.27. The van der Waals surface area contributed by atoms with Gasteiger partial charge in [0.2, 0.25) is 5.95 Å². The van der Waals surface area contributed by atoms with Gasteiger partial charge in [-0.05, 0) is 57.7 Å². The summed E-state index contributed by atoms with van der Waals surface area (Å²) < 4.78 is 0. The Bertz CT molecular complexity index is 551. The summed E-state index contributed by atoms with van der Waals surface area (Å²) in [6.45, 7) is 6.93. The number of aromatic nitrogens is 2. The molecule has 0 saturated carbocycles. The van der Waals surface area contributed by atoms with E-state index in [1.807, 2.05) is 6.20 Å². The van der Waals surface area contributed by atoms with Gasteiger partial charge >= 0.3 is 0 Å². The van der Waals surface area contributed by atoms with Crippen LogP contribution in [0.2, 0.25) is 0 Å². The average Bonchev–Trinajstić information content (AvgIpc) is 2.99. The monoisotopic (exact) mass is 358 g/mol. The molecule has 2 N–H and O–H groups in total. The smallest absolute Gasteiger partial charge is 0.224 e. The number of likely N-dealkylation sites (tertiary alicyclic amines) is 1. The second kappa shape index (κ2) is 9.00. The van der Waals surface area contributed by atoms with Gasteiger partial charge in [0.1, 0.15) is 5.82 Å². The van der Waals surface area contributed by atoms with Crippen molar-refractivity contribution >= 4 is 11.8 Å². The van der Waals surface area contributed by atoms with Crippen LogP contribution in [0.5, 0.6) is 0 Å². The second-order valence-corrected chi connectivity index (χ2v) is 8.12. The fourth-order valence-corrected chi connectivity index (χ4v) is 4.68. The van der Waals surface area contributed by atoms with E-state index in [0.29, 0.717) is 12.1 Å². The number of hydrogen-bond donors (Lipinski definition) is 2. The summed E-state index contributed by atoms with van der Waals surface area (Å²) in [7, 11) is 0. The first-order valence-electron chi connectivity index (χ1n) is 10.7. The third-order valence-corrected chi connectivity index (χ3v) is 6.14. The largest absolute Gasteiger partial charge is 0.356 e. The molecule has 4 rings (SSSR count). The Balaban J connectivity index is 1.36. The van der Waals surface area contributed by atoms with Gasteiger partial charge in [-0.15, -0.1) is 0 Å². The predicted molar refractivity (Wildman–Crippen MR) is 107 cm³/mol. The van der Waals surface area contributed by atoms with Crippen molar-refractivity contribution in [2.24, 2.45) is 0 Å². The number of rotatable bonds is 4. The standard InChI is InChI=1S/C20H34N6/c1-2-4-13-25(12-3-1)19-9-11-22-20(24-19)23-17-7-6-14-26(16-17)18-8-5-10-21-15-18/h9,11,17-18,21H,1-8,10,12-16H2,(H,22,23,24)/t17-,18?/m0/s1. The fourth-order valence-electron chi connectivity index (χ4n) is 4.68. The van der Waals surface area contributed by atoms with Crippen LogP contribution in [0.1, 0.15) is 51.4 Å². The summed E-state index contributed by atoms with van der Waals surface area (Å²) in [4.78, 5) is 14.5. The van der Waals surface area contributed by atoms with E-state index in [9.17, 15) is 0 Å². The van der Waals surface area contributed by atoms with Crippen LogP contribution in [0, 0.1) is 0 Å². The lowest BCUT2D eigenvalue weighted by molar-refractivity contribution is 0.132. The number of nitrogens with zero attached hydrogens (tertiary/aromatic N) is 4. The lowest BCUT2D eigenvalue weighted by Gasteiger charge is -2.40. The van der Waals surface area contributed by atoms with E-state index in [-0.39, 0.29) is 0 Å².